The largest absolute Gasteiger partial charge is 0.474 e. The molecule has 1 aromatic carbocycles. The third-order valence-corrected chi connectivity index (χ3v) is 9.46. The van der Waals surface area contributed by atoms with E-state index in [0.29, 0.717) is 53.1 Å². The van der Waals surface area contributed by atoms with E-state index in [9.17, 15) is 9.59 Å². The number of hydrogen-bond acceptors (Lipinski definition) is 9. The van der Waals surface area contributed by atoms with Gasteiger partial charge in [0.1, 0.15) is 23.3 Å². The van der Waals surface area contributed by atoms with Gasteiger partial charge in [-0.25, -0.2) is 14.4 Å². The smallest absolute Gasteiger partial charge is 0.232 e. The van der Waals surface area contributed by atoms with Crippen LogP contribution in [0.15, 0.2) is 84.3 Å². The molecule has 0 bridgehead atoms. The van der Waals surface area contributed by atoms with Crippen LogP contribution in [0.1, 0.15) is 28.3 Å². The van der Waals surface area contributed by atoms with Crippen LogP contribution in [0.4, 0.5) is 15.9 Å². The molecule has 0 amide bonds. The fourth-order valence-corrected chi connectivity index (χ4v) is 6.61. The van der Waals surface area contributed by atoms with Crippen LogP contribution < -0.4 is 20.0 Å². The normalized spacial score (nSPS) is 18.1. The Labute approximate surface area is 276 Å². The predicted octanol–water partition coefficient (Wildman–Crippen LogP) is 4.97. The molecule has 0 N–H and O–H groups in total. The quantitative estimate of drug-likeness (QED) is 0.204. The van der Waals surface area contributed by atoms with Gasteiger partial charge in [0, 0.05) is 61.8 Å². The molecule has 0 spiro atoms. The van der Waals surface area contributed by atoms with Gasteiger partial charge in [0.2, 0.25) is 5.88 Å². The zero-order chi connectivity index (χ0) is 32.7. The summed E-state index contributed by atoms with van der Waals surface area (Å²) in [4.78, 5) is 44.8. The van der Waals surface area contributed by atoms with Gasteiger partial charge in [-0.15, -0.1) is 0 Å². The average Bonchev–Trinajstić information content (AvgIpc) is 3.48. The third kappa shape index (κ3) is 5.92. The van der Waals surface area contributed by atoms with E-state index >= 15 is 4.39 Å². The summed E-state index contributed by atoms with van der Waals surface area (Å²) in [6.45, 7) is 2.46. The van der Waals surface area contributed by atoms with E-state index in [4.69, 9.17) is 16.3 Å². The van der Waals surface area contributed by atoms with Gasteiger partial charge in [0.15, 0.2) is 11.7 Å². The molecule has 2 aliphatic rings. The van der Waals surface area contributed by atoms with Gasteiger partial charge in [0.05, 0.1) is 34.7 Å². The Balaban J connectivity index is 1.27. The fraction of sp³-hybridized carbons (Fsp3) is 0.286. The lowest BCUT2D eigenvalue weighted by molar-refractivity contribution is 0.112. The molecular formula is C35H33ClFN7O3. The molecule has 0 saturated carbocycles. The molecule has 2 saturated heterocycles. The second-order valence-electron chi connectivity index (χ2n) is 12.2. The first kappa shape index (κ1) is 30.8. The number of halogens is 2. The minimum atomic E-state index is -0.571. The predicted molar refractivity (Wildman–Crippen MR) is 180 cm³/mol. The van der Waals surface area contributed by atoms with Crippen molar-refractivity contribution in [3.8, 4) is 11.6 Å². The first-order valence-corrected chi connectivity index (χ1v) is 15.8. The first-order chi connectivity index (χ1) is 22.8. The summed E-state index contributed by atoms with van der Waals surface area (Å²) in [5.41, 5.74) is 1.85. The van der Waals surface area contributed by atoms with Crippen LogP contribution in [0, 0.1) is 5.82 Å². The molecule has 240 valence electrons. The summed E-state index contributed by atoms with van der Waals surface area (Å²) in [5.74, 6) is 0.628. The third-order valence-electron chi connectivity index (χ3n) is 9.17. The minimum Gasteiger partial charge on any atom is -0.474 e. The van der Waals surface area contributed by atoms with Gasteiger partial charge in [-0.05, 0) is 68.5 Å². The van der Waals surface area contributed by atoms with Crippen LogP contribution in [-0.4, -0.2) is 83.1 Å². The van der Waals surface area contributed by atoms with E-state index in [1.165, 1.54) is 12.3 Å². The molecule has 2 fully saturated rings. The molecule has 4 aromatic heterocycles. The number of rotatable bonds is 9. The van der Waals surface area contributed by atoms with Crippen molar-refractivity contribution in [1.82, 2.24) is 24.4 Å². The standard InChI is InChI=1S/C35H33ClFN7O3/c1-41(2)27-18-42(19-27)33-8-7-25(15-40-33)43-17-24(20-45)34(46)28-12-30(37)32(13-31(28)43)44-16-23(22-5-3-9-38-14-22)11-26(44)21-47-35-29(36)6-4-10-39-35/h3-10,12-15,17,20,23,26-27H,11,16,18-19,21H2,1-2H3. The number of aromatic nitrogens is 4. The summed E-state index contributed by atoms with van der Waals surface area (Å²) in [6.07, 6.45) is 9.53. The molecule has 12 heteroatoms. The Bertz CT molecular complexity index is 1980. The Morgan fingerprint density at radius 3 is 2.60 bits per heavy atom. The van der Waals surface area contributed by atoms with E-state index in [1.807, 2.05) is 35.4 Å². The summed E-state index contributed by atoms with van der Waals surface area (Å²) in [7, 11) is 4.13. The number of ether oxygens (including phenoxy) is 1. The summed E-state index contributed by atoms with van der Waals surface area (Å²) < 4.78 is 23.9. The van der Waals surface area contributed by atoms with E-state index in [2.05, 4.69) is 38.8 Å². The lowest BCUT2D eigenvalue weighted by atomic mass is 9.98. The zero-order valence-electron chi connectivity index (χ0n) is 26.0. The molecule has 7 rings (SSSR count). The molecular weight excluding hydrogens is 621 g/mol. The summed E-state index contributed by atoms with van der Waals surface area (Å²) >= 11 is 6.31. The van der Waals surface area contributed by atoms with Gasteiger partial charge >= 0.3 is 0 Å². The first-order valence-electron chi connectivity index (χ1n) is 15.4. The SMILES string of the molecule is CN(C)C1CN(c2ccc(-n3cc(C=O)c(=O)c4cc(F)c(N5CC(c6cccnc6)CC5COc5ncccc5Cl)cc43)cn2)C1. The lowest BCUT2D eigenvalue weighted by Crippen LogP contribution is -2.57. The van der Waals surface area contributed by atoms with Crippen LogP contribution in [0.2, 0.25) is 5.02 Å². The van der Waals surface area contributed by atoms with Crippen molar-refractivity contribution < 1.29 is 13.9 Å². The van der Waals surface area contributed by atoms with Crippen LogP contribution in [-0.2, 0) is 0 Å². The number of pyridine rings is 4. The van der Waals surface area contributed by atoms with Gasteiger partial charge in [-0.3, -0.25) is 14.6 Å². The Kier molecular flexibility index (Phi) is 8.33. The fourth-order valence-electron chi connectivity index (χ4n) is 6.43. The highest BCUT2D eigenvalue weighted by atomic mass is 35.5. The number of benzene rings is 1. The number of fused-ring (bicyclic) bond motifs is 1. The number of anilines is 2. The van der Waals surface area contributed by atoms with E-state index in [1.54, 1.807) is 41.4 Å². The molecule has 2 atom stereocenters. The van der Waals surface area contributed by atoms with Crippen LogP contribution in [0.25, 0.3) is 16.6 Å². The number of hydrogen-bond donors (Lipinski definition) is 0. The van der Waals surface area contributed by atoms with E-state index in [0.717, 1.165) is 24.5 Å². The van der Waals surface area contributed by atoms with Crippen molar-refractivity contribution in [2.75, 3.05) is 50.1 Å². The molecule has 2 aliphatic heterocycles. The maximum absolute atomic E-state index is 16.1. The Morgan fingerprint density at radius 1 is 1.06 bits per heavy atom. The molecule has 0 radical (unpaired) electrons. The van der Waals surface area contributed by atoms with Crippen molar-refractivity contribution in [1.29, 1.82) is 0 Å². The second-order valence-corrected chi connectivity index (χ2v) is 12.7. The maximum atomic E-state index is 16.1. The molecule has 47 heavy (non-hydrogen) atoms. The lowest BCUT2D eigenvalue weighted by Gasteiger charge is -2.43. The Hall–Kier alpha value is -4.87. The number of aldehydes is 1. The monoisotopic (exact) mass is 653 g/mol. The van der Waals surface area contributed by atoms with Crippen molar-refractivity contribution in [3.05, 3.63) is 112 Å². The highest BCUT2D eigenvalue weighted by Gasteiger charge is 2.36. The molecule has 10 nitrogen and oxygen atoms in total. The Morgan fingerprint density at radius 2 is 1.89 bits per heavy atom. The van der Waals surface area contributed by atoms with E-state index < -0.39 is 11.2 Å². The van der Waals surface area contributed by atoms with Gasteiger partial charge in [0.25, 0.3) is 0 Å². The molecule has 6 heterocycles. The molecule has 5 aromatic rings. The maximum Gasteiger partial charge on any atom is 0.232 e. The van der Waals surface area contributed by atoms with Gasteiger partial charge in [-0.2, -0.15) is 0 Å². The topological polar surface area (TPSA) is 96.7 Å². The zero-order valence-corrected chi connectivity index (χ0v) is 26.7. The molecule has 0 aliphatic carbocycles. The summed E-state index contributed by atoms with van der Waals surface area (Å²) in [6, 6.07) is 14.3. The van der Waals surface area contributed by atoms with Crippen molar-refractivity contribution in [2.24, 2.45) is 0 Å². The number of likely N-dealkylation sites (N-methyl/N-ethyl adjacent to an activating group) is 1. The van der Waals surface area contributed by atoms with Crippen molar-refractivity contribution >= 4 is 40.3 Å². The number of carbonyl (C=O) groups is 1. The highest BCUT2D eigenvalue weighted by Crippen LogP contribution is 2.38. The highest BCUT2D eigenvalue weighted by molar-refractivity contribution is 6.31. The molecule has 2 unspecified atom stereocenters. The van der Waals surface area contributed by atoms with Crippen LogP contribution in [0.5, 0.6) is 5.88 Å². The van der Waals surface area contributed by atoms with E-state index in [-0.39, 0.29) is 29.5 Å². The van der Waals surface area contributed by atoms with Crippen molar-refractivity contribution in [3.63, 3.8) is 0 Å². The number of carbonyl (C=O) groups excluding carboxylic acids is 1. The van der Waals surface area contributed by atoms with Crippen molar-refractivity contribution in [2.45, 2.75) is 24.4 Å². The van der Waals surface area contributed by atoms with Crippen LogP contribution >= 0.6 is 11.6 Å². The second kappa shape index (κ2) is 12.7. The number of nitrogens with zero attached hydrogens (tertiary/aromatic N) is 7. The average molecular weight is 654 g/mol. The van der Waals surface area contributed by atoms with Gasteiger partial charge in [-0.1, -0.05) is 17.7 Å². The van der Waals surface area contributed by atoms with Gasteiger partial charge < -0.3 is 24.0 Å². The minimum absolute atomic E-state index is 0.0524. The van der Waals surface area contributed by atoms with Crippen LogP contribution in [0.3, 0.4) is 0 Å². The summed E-state index contributed by atoms with van der Waals surface area (Å²) in [5, 5.41) is 0.492.